The molecule has 3 N–H and O–H groups in total. The molecule has 1 fully saturated rings. The second-order valence-electron chi connectivity index (χ2n) is 7.80. The van der Waals surface area contributed by atoms with Crippen LogP contribution < -0.4 is 16.0 Å². The molecule has 5 heteroatoms. The molecule has 0 aromatic heterocycles. The lowest BCUT2D eigenvalue weighted by molar-refractivity contribution is 0.251. The Hall–Kier alpha value is -2.84. The molecular weight excluding hydrogens is 360 g/mol. The third-order valence-electron chi connectivity index (χ3n) is 5.49. The van der Waals surface area contributed by atoms with Gasteiger partial charge in [-0.2, -0.15) is 5.26 Å². The largest absolute Gasteiger partial charge is 0.338 e. The summed E-state index contributed by atoms with van der Waals surface area (Å²) in [5.41, 5.74) is 2.61. The Bertz CT molecular complexity index is 815. The number of benzene rings is 2. The average molecular weight is 391 g/mol. The first-order valence-electron chi connectivity index (χ1n) is 10.6. The minimum atomic E-state index is -0.223. The first kappa shape index (κ1) is 20.9. The van der Waals surface area contributed by atoms with E-state index in [1.54, 1.807) is 24.3 Å². The topological polar surface area (TPSA) is 77.0 Å². The van der Waals surface area contributed by atoms with Crippen molar-refractivity contribution in [1.82, 2.24) is 10.6 Å². The summed E-state index contributed by atoms with van der Waals surface area (Å²) in [6.45, 7) is 1.76. The lowest BCUT2D eigenvalue weighted by Crippen LogP contribution is -2.38. The number of anilines is 1. The van der Waals surface area contributed by atoms with Gasteiger partial charge in [-0.25, -0.2) is 4.79 Å². The van der Waals surface area contributed by atoms with E-state index in [1.165, 1.54) is 24.8 Å². The summed E-state index contributed by atoms with van der Waals surface area (Å²) in [6.07, 6.45) is 6.87. The molecule has 0 spiro atoms. The fraction of sp³-hybridized carbons (Fsp3) is 0.417. The molecule has 2 amide bonds. The van der Waals surface area contributed by atoms with Crippen LogP contribution >= 0.6 is 0 Å². The Morgan fingerprint density at radius 2 is 2.00 bits per heavy atom. The van der Waals surface area contributed by atoms with Gasteiger partial charge < -0.3 is 16.0 Å². The average Bonchev–Trinajstić information content (AvgIpc) is 2.74. The third kappa shape index (κ3) is 7.24. The summed E-state index contributed by atoms with van der Waals surface area (Å²) in [4.78, 5) is 12.0. The second-order valence-corrected chi connectivity index (χ2v) is 7.80. The van der Waals surface area contributed by atoms with Crippen LogP contribution in [0.15, 0.2) is 54.6 Å². The number of unbranched alkanes of at least 4 members (excludes halogenated alkanes) is 1. The molecule has 2 aromatic carbocycles. The van der Waals surface area contributed by atoms with Gasteiger partial charge >= 0.3 is 6.03 Å². The van der Waals surface area contributed by atoms with Crippen LogP contribution in [0, 0.1) is 17.2 Å². The number of nitrogens with zero attached hydrogens (tertiary/aromatic N) is 1. The molecule has 5 nitrogen and oxygen atoms in total. The molecule has 152 valence electrons. The van der Waals surface area contributed by atoms with Crippen molar-refractivity contribution in [2.45, 2.75) is 44.6 Å². The van der Waals surface area contributed by atoms with Gasteiger partial charge in [0.05, 0.1) is 11.6 Å². The van der Waals surface area contributed by atoms with E-state index in [-0.39, 0.29) is 6.03 Å². The Kier molecular flexibility index (Phi) is 8.09. The molecule has 0 radical (unpaired) electrons. The van der Waals surface area contributed by atoms with Crippen molar-refractivity contribution in [3.8, 4) is 6.07 Å². The van der Waals surface area contributed by atoms with Gasteiger partial charge in [-0.05, 0) is 68.3 Å². The minimum Gasteiger partial charge on any atom is -0.338 e. The van der Waals surface area contributed by atoms with Crippen LogP contribution in [0.25, 0.3) is 0 Å². The van der Waals surface area contributed by atoms with Crippen molar-refractivity contribution >= 4 is 11.7 Å². The van der Waals surface area contributed by atoms with Crippen LogP contribution in [0.2, 0.25) is 0 Å². The number of carbonyl (C=O) groups excluding carboxylic acids is 1. The summed E-state index contributed by atoms with van der Waals surface area (Å²) in [5, 5.41) is 18.2. The van der Waals surface area contributed by atoms with Gasteiger partial charge in [-0.3, -0.25) is 0 Å². The smallest absolute Gasteiger partial charge is 0.319 e. The van der Waals surface area contributed by atoms with Gasteiger partial charge in [0.2, 0.25) is 0 Å². The number of urea groups is 1. The monoisotopic (exact) mass is 390 g/mol. The molecule has 3 rings (SSSR count). The van der Waals surface area contributed by atoms with Crippen molar-refractivity contribution in [2.75, 3.05) is 18.4 Å². The quantitative estimate of drug-likeness (QED) is 0.582. The van der Waals surface area contributed by atoms with E-state index in [9.17, 15) is 4.79 Å². The maximum Gasteiger partial charge on any atom is 0.319 e. The molecule has 1 aliphatic heterocycles. The Labute approximate surface area is 173 Å². The van der Waals surface area contributed by atoms with Gasteiger partial charge in [0.25, 0.3) is 0 Å². The third-order valence-corrected chi connectivity index (χ3v) is 5.49. The van der Waals surface area contributed by atoms with E-state index in [0.29, 0.717) is 23.8 Å². The number of hydrogen-bond donors (Lipinski definition) is 3. The fourth-order valence-electron chi connectivity index (χ4n) is 4.01. The van der Waals surface area contributed by atoms with Gasteiger partial charge in [0.15, 0.2) is 0 Å². The zero-order chi connectivity index (χ0) is 20.3. The minimum absolute atomic E-state index is 0.223. The van der Waals surface area contributed by atoms with Crippen LogP contribution in [0.4, 0.5) is 10.5 Å². The number of nitriles is 1. The number of rotatable bonds is 8. The predicted molar refractivity (Wildman–Crippen MR) is 117 cm³/mol. The van der Waals surface area contributed by atoms with Gasteiger partial charge in [0, 0.05) is 18.3 Å². The number of nitrogens with one attached hydrogen (secondary N) is 3. The van der Waals surface area contributed by atoms with Crippen molar-refractivity contribution in [2.24, 2.45) is 5.92 Å². The SMILES string of the molecule is N#Cc1cccc(NC(=O)NCCCC[C@H]2C[C@H](Cc3ccccc3)CCN2)c1. The molecule has 1 saturated heterocycles. The molecule has 2 aromatic rings. The van der Waals surface area contributed by atoms with Crippen LogP contribution in [-0.4, -0.2) is 25.2 Å². The molecular formula is C24H30N4O. The molecule has 1 aliphatic rings. The van der Waals surface area contributed by atoms with Crippen molar-refractivity contribution in [1.29, 1.82) is 5.26 Å². The number of amides is 2. The normalized spacial score (nSPS) is 18.6. The highest BCUT2D eigenvalue weighted by molar-refractivity contribution is 5.89. The molecule has 2 atom stereocenters. The standard InChI is InChI=1S/C24H30N4O/c25-18-21-9-6-11-23(17-21)28-24(29)27-13-5-4-10-22-16-20(12-14-26-22)15-19-7-2-1-3-8-19/h1-3,6-9,11,17,20,22,26H,4-5,10,12-16H2,(H2,27,28,29)/t20-,22-/m0/s1. The van der Waals surface area contributed by atoms with Gasteiger partial charge in [-0.1, -0.05) is 42.8 Å². The van der Waals surface area contributed by atoms with E-state index < -0.39 is 0 Å². The highest BCUT2D eigenvalue weighted by Gasteiger charge is 2.21. The lowest BCUT2D eigenvalue weighted by atomic mass is 9.85. The number of carbonyl (C=O) groups is 1. The van der Waals surface area contributed by atoms with Crippen LogP contribution in [-0.2, 0) is 6.42 Å². The summed E-state index contributed by atoms with van der Waals surface area (Å²) < 4.78 is 0. The van der Waals surface area contributed by atoms with E-state index in [2.05, 4.69) is 52.4 Å². The molecule has 0 saturated carbocycles. The number of piperidine rings is 1. The van der Waals surface area contributed by atoms with Crippen LogP contribution in [0.1, 0.15) is 43.2 Å². The highest BCUT2D eigenvalue weighted by atomic mass is 16.2. The number of hydrogen-bond acceptors (Lipinski definition) is 3. The van der Waals surface area contributed by atoms with Crippen LogP contribution in [0.3, 0.4) is 0 Å². The highest BCUT2D eigenvalue weighted by Crippen LogP contribution is 2.23. The second kappa shape index (κ2) is 11.2. The van der Waals surface area contributed by atoms with Crippen molar-refractivity contribution in [3.63, 3.8) is 0 Å². The maximum absolute atomic E-state index is 12.0. The van der Waals surface area contributed by atoms with Gasteiger partial charge in [-0.15, -0.1) is 0 Å². The zero-order valence-electron chi connectivity index (χ0n) is 16.9. The molecule has 29 heavy (non-hydrogen) atoms. The summed E-state index contributed by atoms with van der Waals surface area (Å²) in [5.74, 6) is 0.761. The van der Waals surface area contributed by atoms with E-state index >= 15 is 0 Å². The van der Waals surface area contributed by atoms with Crippen molar-refractivity contribution < 1.29 is 4.79 Å². The Balaban J connectivity index is 1.30. The molecule has 1 heterocycles. The first-order chi connectivity index (χ1) is 14.2. The predicted octanol–water partition coefficient (Wildman–Crippen LogP) is 4.46. The summed E-state index contributed by atoms with van der Waals surface area (Å²) >= 11 is 0. The summed E-state index contributed by atoms with van der Waals surface area (Å²) in [7, 11) is 0. The molecule has 0 bridgehead atoms. The van der Waals surface area contributed by atoms with Crippen LogP contribution in [0.5, 0.6) is 0 Å². The first-order valence-corrected chi connectivity index (χ1v) is 10.6. The molecule has 0 aliphatic carbocycles. The Morgan fingerprint density at radius 3 is 2.83 bits per heavy atom. The Morgan fingerprint density at radius 1 is 1.14 bits per heavy atom. The zero-order valence-corrected chi connectivity index (χ0v) is 16.9. The molecule has 0 unspecified atom stereocenters. The van der Waals surface area contributed by atoms with E-state index in [1.807, 2.05) is 0 Å². The van der Waals surface area contributed by atoms with E-state index in [0.717, 1.165) is 31.7 Å². The summed E-state index contributed by atoms with van der Waals surface area (Å²) in [6, 6.07) is 20.1. The van der Waals surface area contributed by atoms with Gasteiger partial charge in [0.1, 0.15) is 0 Å². The lowest BCUT2D eigenvalue weighted by Gasteiger charge is -2.30. The maximum atomic E-state index is 12.0. The van der Waals surface area contributed by atoms with Crippen molar-refractivity contribution in [3.05, 3.63) is 65.7 Å². The van der Waals surface area contributed by atoms with E-state index in [4.69, 9.17) is 5.26 Å². The fourth-order valence-corrected chi connectivity index (χ4v) is 4.01.